The van der Waals surface area contributed by atoms with Crippen molar-refractivity contribution in [2.45, 2.75) is 20.8 Å². The van der Waals surface area contributed by atoms with Crippen LogP contribution in [-0.4, -0.2) is 22.1 Å². The van der Waals surface area contributed by atoms with Gasteiger partial charge in [-0.1, -0.05) is 0 Å². The summed E-state index contributed by atoms with van der Waals surface area (Å²) in [5.41, 5.74) is 2.55. The van der Waals surface area contributed by atoms with Crippen molar-refractivity contribution in [3.8, 4) is 17.5 Å². The second kappa shape index (κ2) is 5.00. The molecule has 0 spiro atoms. The zero-order valence-electron chi connectivity index (χ0n) is 10.9. The van der Waals surface area contributed by atoms with Crippen LogP contribution < -0.4 is 9.47 Å². The smallest absolute Gasteiger partial charge is 0.229 e. The van der Waals surface area contributed by atoms with Crippen LogP contribution in [0.5, 0.6) is 17.5 Å². The number of nitrogens with zero attached hydrogens (tertiary/aromatic N) is 3. The zero-order valence-corrected chi connectivity index (χ0v) is 10.9. The Bertz CT molecular complexity index is 570. The lowest BCUT2D eigenvalue weighted by molar-refractivity contribution is 0.382. The molecule has 0 amide bonds. The molecule has 2 aromatic heterocycles. The predicted molar refractivity (Wildman–Crippen MR) is 67.1 cm³/mol. The van der Waals surface area contributed by atoms with Gasteiger partial charge in [0.15, 0.2) is 5.75 Å². The van der Waals surface area contributed by atoms with E-state index in [9.17, 15) is 0 Å². The molecule has 0 aliphatic carbocycles. The van der Waals surface area contributed by atoms with Gasteiger partial charge in [0.1, 0.15) is 6.33 Å². The van der Waals surface area contributed by atoms with E-state index in [0.717, 1.165) is 17.0 Å². The summed E-state index contributed by atoms with van der Waals surface area (Å²) in [6, 6.07) is 3.78. The fourth-order valence-corrected chi connectivity index (χ4v) is 1.61. The van der Waals surface area contributed by atoms with E-state index in [1.807, 2.05) is 32.9 Å². The molecule has 94 valence electrons. The van der Waals surface area contributed by atoms with Crippen molar-refractivity contribution >= 4 is 0 Å². The molecule has 0 unspecified atom stereocenters. The van der Waals surface area contributed by atoms with Crippen LogP contribution in [0.25, 0.3) is 0 Å². The molecule has 0 saturated heterocycles. The molecule has 0 aliphatic rings. The second-order valence-corrected chi connectivity index (χ2v) is 3.95. The highest BCUT2D eigenvalue weighted by Crippen LogP contribution is 2.28. The number of hydrogen-bond acceptors (Lipinski definition) is 5. The van der Waals surface area contributed by atoms with Gasteiger partial charge < -0.3 is 9.47 Å². The fraction of sp³-hybridized carbons (Fsp3) is 0.308. The van der Waals surface area contributed by atoms with E-state index in [2.05, 4.69) is 15.0 Å². The minimum atomic E-state index is 0.482. The number of pyridine rings is 1. The summed E-state index contributed by atoms with van der Waals surface area (Å²) in [6.07, 6.45) is 1.41. The van der Waals surface area contributed by atoms with Crippen molar-refractivity contribution < 1.29 is 9.47 Å². The maximum atomic E-state index is 5.74. The SMILES string of the molecule is COc1ncnc(Oc2ccc(C)nc2C)c1C. The Hall–Kier alpha value is -2.17. The third-order valence-electron chi connectivity index (χ3n) is 2.57. The van der Waals surface area contributed by atoms with Crippen LogP contribution in [0.4, 0.5) is 0 Å². The summed E-state index contributed by atoms with van der Waals surface area (Å²) >= 11 is 0. The average Bonchev–Trinajstić information content (AvgIpc) is 2.35. The summed E-state index contributed by atoms with van der Waals surface area (Å²) < 4.78 is 10.9. The normalized spacial score (nSPS) is 10.2. The summed E-state index contributed by atoms with van der Waals surface area (Å²) in [5, 5.41) is 0. The Morgan fingerprint density at radius 3 is 2.39 bits per heavy atom. The summed E-state index contributed by atoms with van der Waals surface area (Å²) in [4.78, 5) is 12.5. The van der Waals surface area contributed by atoms with Crippen molar-refractivity contribution in [3.05, 3.63) is 35.4 Å². The first-order chi connectivity index (χ1) is 8.61. The molecule has 2 rings (SSSR count). The van der Waals surface area contributed by atoms with Gasteiger partial charge in [-0.2, -0.15) is 0 Å². The minimum Gasteiger partial charge on any atom is -0.481 e. The van der Waals surface area contributed by atoms with E-state index in [1.165, 1.54) is 6.33 Å². The van der Waals surface area contributed by atoms with Crippen LogP contribution >= 0.6 is 0 Å². The third-order valence-corrected chi connectivity index (χ3v) is 2.57. The highest BCUT2D eigenvalue weighted by molar-refractivity contribution is 5.38. The molecular weight excluding hydrogens is 230 g/mol. The summed E-state index contributed by atoms with van der Waals surface area (Å²) in [5.74, 6) is 1.68. The molecule has 5 heteroatoms. The molecule has 0 N–H and O–H groups in total. The van der Waals surface area contributed by atoms with E-state index in [1.54, 1.807) is 7.11 Å². The lowest BCUT2D eigenvalue weighted by Gasteiger charge is -2.11. The topological polar surface area (TPSA) is 57.1 Å². The van der Waals surface area contributed by atoms with Gasteiger partial charge in [0.25, 0.3) is 0 Å². The number of aryl methyl sites for hydroxylation is 2. The first-order valence-corrected chi connectivity index (χ1v) is 5.59. The fourth-order valence-electron chi connectivity index (χ4n) is 1.61. The molecule has 0 bridgehead atoms. The van der Waals surface area contributed by atoms with Crippen molar-refractivity contribution in [1.82, 2.24) is 15.0 Å². The molecule has 0 fully saturated rings. The molecular formula is C13H15N3O2. The number of methoxy groups -OCH3 is 1. The van der Waals surface area contributed by atoms with Gasteiger partial charge in [0.05, 0.1) is 18.4 Å². The Balaban J connectivity index is 2.34. The van der Waals surface area contributed by atoms with Crippen molar-refractivity contribution in [2.75, 3.05) is 7.11 Å². The van der Waals surface area contributed by atoms with E-state index >= 15 is 0 Å². The lowest BCUT2D eigenvalue weighted by atomic mass is 10.3. The van der Waals surface area contributed by atoms with E-state index in [-0.39, 0.29) is 0 Å². The molecule has 0 atom stereocenters. The van der Waals surface area contributed by atoms with Crippen LogP contribution in [0.1, 0.15) is 17.0 Å². The molecule has 0 aliphatic heterocycles. The Labute approximate surface area is 106 Å². The standard InChI is InChI=1S/C13H15N3O2/c1-8-5-6-11(10(3)16-8)18-13-9(2)12(17-4)14-7-15-13/h5-7H,1-4H3. The van der Waals surface area contributed by atoms with Crippen molar-refractivity contribution in [2.24, 2.45) is 0 Å². The largest absolute Gasteiger partial charge is 0.481 e. The van der Waals surface area contributed by atoms with Gasteiger partial charge >= 0.3 is 0 Å². The molecule has 5 nitrogen and oxygen atoms in total. The lowest BCUT2D eigenvalue weighted by Crippen LogP contribution is -1.99. The first kappa shape index (κ1) is 12.3. The van der Waals surface area contributed by atoms with Gasteiger partial charge in [0.2, 0.25) is 11.8 Å². The van der Waals surface area contributed by atoms with Crippen LogP contribution in [0.2, 0.25) is 0 Å². The van der Waals surface area contributed by atoms with E-state index in [0.29, 0.717) is 17.5 Å². The van der Waals surface area contributed by atoms with Gasteiger partial charge in [-0.05, 0) is 32.9 Å². The average molecular weight is 245 g/mol. The minimum absolute atomic E-state index is 0.482. The number of rotatable bonds is 3. The molecule has 0 aromatic carbocycles. The predicted octanol–water partition coefficient (Wildman–Crippen LogP) is 2.60. The van der Waals surface area contributed by atoms with Crippen molar-refractivity contribution in [1.29, 1.82) is 0 Å². The number of aromatic nitrogens is 3. The molecule has 0 radical (unpaired) electrons. The second-order valence-electron chi connectivity index (χ2n) is 3.95. The van der Waals surface area contributed by atoms with Gasteiger partial charge in [-0.15, -0.1) is 0 Å². The first-order valence-electron chi connectivity index (χ1n) is 5.59. The Morgan fingerprint density at radius 1 is 1.00 bits per heavy atom. The summed E-state index contributed by atoms with van der Waals surface area (Å²) in [6.45, 7) is 5.69. The Morgan fingerprint density at radius 2 is 1.72 bits per heavy atom. The number of hydrogen-bond donors (Lipinski definition) is 0. The number of ether oxygens (including phenoxy) is 2. The van der Waals surface area contributed by atoms with Gasteiger partial charge in [-0.25, -0.2) is 9.97 Å². The zero-order chi connectivity index (χ0) is 13.1. The van der Waals surface area contributed by atoms with Crippen LogP contribution in [0.15, 0.2) is 18.5 Å². The molecule has 18 heavy (non-hydrogen) atoms. The Kier molecular flexibility index (Phi) is 3.41. The van der Waals surface area contributed by atoms with Crippen molar-refractivity contribution in [3.63, 3.8) is 0 Å². The monoisotopic (exact) mass is 245 g/mol. The quantitative estimate of drug-likeness (QED) is 0.831. The van der Waals surface area contributed by atoms with Crippen LogP contribution in [-0.2, 0) is 0 Å². The third kappa shape index (κ3) is 2.40. The van der Waals surface area contributed by atoms with Gasteiger partial charge in [0, 0.05) is 5.69 Å². The maximum Gasteiger partial charge on any atom is 0.229 e. The van der Waals surface area contributed by atoms with Gasteiger partial charge in [-0.3, -0.25) is 4.98 Å². The van der Waals surface area contributed by atoms with E-state index < -0.39 is 0 Å². The molecule has 0 saturated carbocycles. The molecule has 2 heterocycles. The van der Waals surface area contributed by atoms with Crippen LogP contribution in [0.3, 0.4) is 0 Å². The van der Waals surface area contributed by atoms with E-state index in [4.69, 9.17) is 9.47 Å². The highest BCUT2D eigenvalue weighted by atomic mass is 16.5. The summed E-state index contributed by atoms with van der Waals surface area (Å²) in [7, 11) is 1.57. The highest BCUT2D eigenvalue weighted by Gasteiger charge is 2.11. The van der Waals surface area contributed by atoms with Crippen LogP contribution in [0, 0.1) is 20.8 Å². The molecule has 2 aromatic rings. The maximum absolute atomic E-state index is 5.74.